The predicted octanol–water partition coefficient (Wildman–Crippen LogP) is 4.10. The molecule has 0 radical (unpaired) electrons. The fourth-order valence-corrected chi connectivity index (χ4v) is 3.32. The van der Waals surface area contributed by atoms with Gasteiger partial charge in [-0.25, -0.2) is 14.5 Å². The Bertz CT molecular complexity index is 1080. The van der Waals surface area contributed by atoms with Crippen molar-refractivity contribution >= 4 is 34.9 Å². The summed E-state index contributed by atoms with van der Waals surface area (Å²) < 4.78 is 6.60. The lowest BCUT2D eigenvalue weighted by Crippen LogP contribution is -2.10. The van der Waals surface area contributed by atoms with Crippen LogP contribution in [0.4, 0.5) is 0 Å². The van der Waals surface area contributed by atoms with Gasteiger partial charge >= 0.3 is 5.97 Å². The zero-order chi connectivity index (χ0) is 19.0. The van der Waals surface area contributed by atoms with Gasteiger partial charge in [-0.05, 0) is 31.2 Å². The summed E-state index contributed by atoms with van der Waals surface area (Å²) in [5.41, 5.74) is 2.96. The molecule has 2 aromatic carbocycles. The van der Waals surface area contributed by atoms with Gasteiger partial charge in [-0.3, -0.25) is 4.99 Å². The molecule has 0 amide bonds. The highest BCUT2D eigenvalue weighted by molar-refractivity contribution is 6.36. The predicted molar refractivity (Wildman–Crippen MR) is 103 cm³/mol. The number of hydrogen-bond acceptors (Lipinski definition) is 5. The molecule has 4 rings (SSSR count). The fraction of sp³-hybridized carbons (Fsp3) is 0.158. The van der Waals surface area contributed by atoms with Crippen LogP contribution in [0.15, 0.2) is 47.5 Å². The third-order valence-electron chi connectivity index (χ3n) is 4.08. The second kappa shape index (κ2) is 7.13. The Morgan fingerprint density at radius 2 is 2.00 bits per heavy atom. The van der Waals surface area contributed by atoms with E-state index in [9.17, 15) is 4.79 Å². The highest BCUT2D eigenvalue weighted by Crippen LogP contribution is 2.29. The molecule has 3 aromatic rings. The summed E-state index contributed by atoms with van der Waals surface area (Å²) >= 11 is 12.6. The summed E-state index contributed by atoms with van der Waals surface area (Å²) in [6, 6.07) is 12.9. The number of esters is 1. The fourth-order valence-electron chi connectivity index (χ4n) is 2.92. The first-order valence-electron chi connectivity index (χ1n) is 8.31. The first-order valence-corrected chi connectivity index (χ1v) is 9.06. The van der Waals surface area contributed by atoms with Gasteiger partial charge in [0.25, 0.3) is 5.82 Å². The van der Waals surface area contributed by atoms with E-state index in [0.29, 0.717) is 27.3 Å². The van der Waals surface area contributed by atoms with E-state index in [1.165, 1.54) is 0 Å². The molecule has 0 saturated heterocycles. The number of fused-ring (bicyclic) bond motifs is 3. The Balaban J connectivity index is 1.90. The third-order valence-corrected chi connectivity index (χ3v) is 4.65. The molecule has 1 aromatic heterocycles. The molecule has 1 aliphatic rings. The van der Waals surface area contributed by atoms with E-state index < -0.39 is 5.97 Å². The topological polar surface area (TPSA) is 69.4 Å². The summed E-state index contributed by atoms with van der Waals surface area (Å²) in [5.74, 6) is -0.0308. The van der Waals surface area contributed by atoms with Gasteiger partial charge in [0, 0.05) is 21.2 Å². The van der Waals surface area contributed by atoms with Gasteiger partial charge in [-0.2, -0.15) is 0 Å². The molecule has 2 heterocycles. The second-order valence-electron chi connectivity index (χ2n) is 5.79. The summed E-state index contributed by atoms with van der Waals surface area (Å²) in [7, 11) is 0. The van der Waals surface area contributed by atoms with Gasteiger partial charge in [0.05, 0.1) is 24.6 Å². The highest BCUT2D eigenvalue weighted by Gasteiger charge is 2.25. The number of aliphatic imine (C=N–C) groups is 1. The van der Waals surface area contributed by atoms with E-state index in [1.807, 2.05) is 30.3 Å². The van der Waals surface area contributed by atoms with Crippen LogP contribution in [0, 0.1) is 0 Å². The number of carbonyl (C=O) groups excluding carboxylic acids is 1. The largest absolute Gasteiger partial charge is 0.460 e. The first kappa shape index (κ1) is 17.7. The lowest BCUT2D eigenvalue weighted by molar-refractivity contribution is 0.0512. The molecule has 0 saturated carbocycles. The van der Waals surface area contributed by atoms with Gasteiger partial charge in [-0.15, -0.1) is 5.10 Å². The molecular weight excluding hydrogens is 387 g/mol. The van der Waals surface area contributed by atoms with Crippen LogP contribution in [0.1, 0.15) is 34.5 Å². The van der Waals surface area contributed by atoms with Crippen molar-refractivity contribution in [2.45, 2.75) is 13.5 Å². The molecule has 8 heteroatoms. The van der Waals surface area contributed by atoms with Crippen LogP contribution < -0.4 is 0 Å². The van der Waals surface area contributed by atoms with Crippen LogP contribution in [-0.2, 0) is 11.3 Å². The van der Waals surface area contributed by atoms with Crippen LogP contribution in [0.5, 0.6) is 0 Å². The van der Waals surface area contributed by atoms with Crippen LogP contribution in [-0.4, -0.2) is 33.1 Å². The lowest BCUT2D eigenvalue weighted by atomic mass is 10.0. The van der Waals surface area contributed by atoms with Gasteiger partial charge in [0.15, 0.2) is 5.82 Å². The Kier molecular flexibility index (Phi) is 4.68. The Labute approximate surface area is 165 Å². The summed E-state index contributed by atoms with van der Waals surface area (Å²) in [5, 5.41) is 5.48. The number of rotatable bonds is 3. The molecule has 0 N–H and O–H groups in total. The molecule has 6 nitrogen and oxygen atoms in total. The number of ether oxygens (including phenoxy) is 1. The maximum atomic E-state index is 12.0. The molecule has 27 heavy (non-hydrogen) atoms. The number of halogens is 2. The molecule has 0 spiro atoms. The highest BCUT2D eigenvalue weighted by atomic mass is 35.5. The van der Waals surface area contributed by atoms with Crippen molar-refractivity contribution in [1.82, 2.24) is 14.8 Å². The van der Waals surface area contributed by atoms with Crippen molar-refractivity contribution in [3.8, 4) is 5.69 Å². The minimum atomic E-state index is -0.566. The number of aromatic nitrogens is 3. The minimum absolute atomic E-state index is 0.00384. The molecule has 0 fully saturated rings. The van der Waals surface area contributed by atoms with Crippen molar-refractivity contribution in [1.29, 1.82) is 0 Å². The monoisotopic (exact) mass is 400 g/mol. The van der Waals surface area contributed by atoms with Crippen molar-refractivity contribution in [2.24, 2.45) is 4.99 Å². The van der Waals surface area contributed by atoms with Crippen molar-refractivity contribution in [3.05, 3.63) is 75.3 Å². The Morgan fingerprint density at radius 1 is 1.19 bits per heavy atom. The van der Waals surface area contributed by atoms with Crippen molar-refractivity contribution < 1.29 is 9.53 Å². The average molecular weight is 401 g/mol. The standard InChI is InChI=1S/C19H14Cl2N4O2/c1-2-27-19(26)18-23-16-10-22-17(12-5-3-4-6-14(12)21)13-9-11(20)7-8-15(13)25(16)24-18/h3-9H,2,10H2,1H3. The van der Waals surface area contributed by atoms with Crippen molar-refractivity contribution in [2.75, 3.05) is 6.61 Å². The van der Waals surface area contributed by atoms with Gasteiger partial charge in [0.1, 0.15) is 0 Å². The Hall–Kier alpha value is -2.70. The van der Waals surface area contributed by atoms with Gasteiger partial charge in [0.2, 0.25) is 0 Å². The van der Waals surface area contributed by atoms with E-state index in [1.54, 1.807) is 23.7 Å². The zero-order valence-corrected chi connectivity index (χ0v) is 15.8. The third kappa shape index (κ3) is 3.22. The number of hydrogen-bond donors (Lipinski definition) is 0. The maximum Gasteiger partial charge on any atom is 0.378 e. The summed E-state index contributed by atoms with van der Waals surface area (Å²) in [4.78, 5) is 21.0. The average Bonchev–Trinajstić information content (AvgIpc) is 3.02. The molecule has 0 bridgehead atoms. The maximum absolute atomic E-state index is 12.0. The SMILES string of the molecule is CCOC(=O)c1nc2n(n1)-c1ccc(Cl)cc1C(c1ccccc1Cl)=NC2. The lowest BCUT2D eigenvalue weighted by Gasteiger charge is -2.12. The normalized spacial score (nSPS) is 12.6. The van der Waals surface area contributed by atoms with Crippen LogP contribution in [0.2, 0.25) is 10.0 Å². The number of carbonyl (C=O) groups is 1. The van der Waals surface area contributed by atoms with E-state index in [4.69, 9.17) is 32.9 Å². The molecule has 1 aliphatic heterocycles. The van der Waals surface area contributed by atoms with Crippen molar-refractivity contribution in [3.63, 3.8) is 0 Å². The second-order valence-corrected chi connectivity index (χ2v) is 6.63. The van der Waals surface area contributed by atoms with Gasteiger partial charge in [-0.1, -0.05) is 41.4 Å². The molecule has 136 valence electrons. The zero-order valence-electron chi connectivity index (χ0n) is 14.3. The number of benzene rings is 2. The van der Waals surface area contributed by atoms with E-state index >= 15 is 0 Å². The van der Waals surface area contributed by atoms with Crippen LogP contribution >= 0.6 is 23.2 Å². The quantitative estimate of drug-likeness (QED) is 0.620. The molecule has 0 unspecified atom stereocenters. The van der Waals surface area contributed by atoms with E-state index in [0.717, 1.165) is 11.1 Å². The molecule has 0 aliphatic carbocycles. The van der Waals surface area contributed by atoms with Crippen LogP contribution in [0.25, 0.3) is 5.69 Å². The summed E-state index contributed by atoms with van der Waals surface area (Å²) in [6.45, 7) is 2.22. The van der Waals surface area contributed by atoms with Crippen LogP contribution in [0.3, 0.4) is 0 Å². The first-order chi connectivity index (χ1) is 13.1. The minimum Gasteiger partial charge on any atom is -0.460 e. The Morgan fingerprint density at radius 3 is 2.78 bits per heavy atom. The molecular formula is C19H14Cl2N4O2. The number of nitrogens with zero attached hydrogens (tertiary/aromatic N) is 4. The van der Waals surface area contributed by atoms with E-state index in [2.05, 4.69) is 10.1 Å². The summed E-state index contributed by atoms with van der Waals surface area (Å²) in [6.07, 6.45) is 0. The van der Waals surface area contributed by atoms with E-state index in [-0.39, 0.29) is 19.0 Å². The smallest absolute Gasteiger partial charge is 0.378 e. The van der Waals surface area contributed by atoms with Gasteiger partial charge < -0.3 is 4.74 Å². The molecule has 0 atom stereocenters.